The van der Waals surface area contributed by atoms with Crippen molar-refractivity contribution in [1.82, 2.24) is 19.5 Å². The zero-order chi connectivity index (χ0) is 21.0. The molecule has 3 aromatic rings. The highest BCUT2D eigenvalue weighted by Crippen LogP contribution is 2.39. The molecule has 0 atom stereocenters. The van der Waals surface area contributed by atoms with Gasteiger partial charge in [0.15, 0.2) is 10.9 Å². The van der Waals surface area contributed by atoms with Crippen molar-refractivity contribution in [2.75, 3.05) is 17.2 Å². The largest absolute Gasteiger partial charge is 0.384 e. The van der Waals surface area contributed by atoms with Gasteiger partial charge in [-0.1, -0.05) is 11.8 Å². The zero-order valence-corrected chi connectivity index (χ0v) is 17.7. The molecule has 2 aliphatic rings. The summed E-state index contributed by atoms with van der Waals surface area (Å²) in [5.74, 6) is -0.194. The Morgan fingerprint density at radius 2 is 1.97 bits per heavy atom. The van der Waals surface area contributed by atoms with Crippen LogP contribution in [-0.2, 0) is 12.8 Å². The van der Waals surface area contributed by atoms with E-state index in [2.05, 4.69) is 15.0 Å². The summed E-state index contributed by atoms with van der Waals surface area (Å²) in [6.45, 7) is 0. The van der Waals surface area contributed by atoms with Gasteiger partial charge < -0.3 is 11.5 Å². The van der Waals surface area contributed by atoms with Gasteiger partial charge in [0.05, 0.1) is 11.1 Å². The maximum atomic E-state index is 12.8. The normalized spacial score (nSPS) is 16.0. The van der Waals surface area contributed by atoms with Crippen molar-refractivity contribution in [2.45, 2.75) is 49.7 Å². The summed E-state index contributed by atoms with van der Waals surface area (Å²) in [4.78, 5) is 50.3. The van der Waals surface area contributed by atoms with Crippen molar-refractivity contribution in [3.63, 3.8) is 0 Å². The Bertz CT molecular complexity index is 1300. The fraction of sp³-hybridized carbons (Fsp3) is 0.421. The Morgan fingerprint density at radius 1 is 1.20 bits per heavy atom. The van der Waals surface area contributed by atoms with Gasteiger partial charge in [-0.3, -0.25) is 19.1 Å². The van der Waals surface area contributed by atoms with E-state index in [0.29, 0.717) is 11.0 Å². The molecule has 0 spiro atoms. The summed E-state index contributed by atoms with van der Waals surface area (Å²) in [5.41, 5.74) is 12.0. The van der Waals surface area contributed by atoms with Gasteiger partial charge >= 0.3 is 5.69 Å². The number of thiophene rings is 1. The third-order valence-corrected chi connectivity index (χ3v) is 7.56. The van der Waals surface area contributed by atoms with Crippen LogP contribution in [0.15, 0.2) is 14.7 Å². The number of carbonyl (C=O) groups excluding carboxylic acids is 1. The van der Waals surface area contributed by atoms with Crippen LogP contribution in [0.2, 0.25) is 0 Å². The minimum absolute atomic E-state index is 0.0519. The lowest BCUT2D eigenvalue weighted by molar-refractivity contribution is 0.102. The van der Waals surface area contributed by atoms with Crippen molar-refractivity contribution in [3.05, 3.63) is 36.8 Å². The highest BCUT2D eigenvalue weighted by atomic mass is 32.2. The molecule has 5 N–H and O–H groups in total. The van der Waals surface area contributed by atoms with Gasteiger partial charge in [0.25, 0.3) is 5.56 Å². The molecule has 0 saturated heterocycles. The number of Topliss-reactive ketones (excluding diaryl/α,β-unsaturated/α-hetero) is 1. The number of anilines is 2. The summed E-state index contributed by atoms with van der Waals surface area (Å²) < 4.78 is 1.30. The molecular weight excluding hydrogens is 424 g/mol. The van der Waals surface area contributed by atoms with Crippen LogP contribution in [0.25, 0.3) is 10.2 Å². The number of hydrogen-bond acceptors (Lipinski definition) is 9. The highest BCUT2D eigenvalue weighted by Gasteiger charge is 2.30. The molecule has 0 radical (unpaired) electrons. The van der Waals surface area contributed by atoms with Crippen LogP contribution in [-0.4, -0.2) is 31.1 Å². The Hall–Kier alpha value is -2.66. The molecule has 5 rings (SSSR count). The lowest BCUT2D eigenvalue weighted by Gasteiger charge is -2.11. The third kappa shape index (κ3) is 3.21. The first-order valence-electron chi connectivity index (χ1n) is 9.82. The quantitative estimate of drug-likeness (QED) is 0.307. The van der Waals surface area contributed by atoms with Gasteiger partial charge in [0.1, 0.15) is 22.0 Å². The van der Waals surface area contributed by atoms with E-state index < -0.39 is 17.0 Å². The average Bonchev–Trinajstić information content (AvgIpc) is 3.44. The molecule has 2 aliphatic carbocycles. The Kier molecular flexibility index (Phi) is 4.66. The van der Waals surface area contributed by atoms with Crippen molar-refractivity contribution in [1.29, 1.82) is 0 Å². The van der Waals surface area contributed by atoms with Crippen LogP contribution in [0.1, 0.15) is 52.5 Å². The second-order valence-electron chi connectivity index (χ2n) is 7.62. The molecule has 0 unspecified atom stereocenters. The number of thioether (sulfide) groups is 1. The predicted octanol–water partition coefficient (Wildman–Crippen LogP) is 1.89. The Labute approximate surface area is 178 Å². The van der Waals surface area contributed by atoms with Gasteiger partial charge in [0, 0.05) is 10.9 Å². The van der Waals surface area contributed by atoms with E-state index in [1.165, 1.54) is 21.4 Å². The Balaban J connectivity index is 1.42. The average molecular weight is 445 g/mol. The number of nitrogens with two attached hydrogens (primary N) is 2. The number of nitrogen functional groups attached to an aromatic ring is 2. The number of fused-ring (bicyclic) bond motifs is 3. The van der Waals surface area contributed by atoms with Gasteiger partial charge in [-0.2, -0.15) is 0 Å². The predicted molar refractivity (Wildman–Crippen MR) is 118 cm³/mol. The van der Waals surface area contributed by atoms with E-state index in [0.717, 1.165) is 54.1 Å². The minimum atomic E-state index is -0.762. The number of hydrogen-bond donors (Lipinski definition) is 3. The molecule has 0 aromatic carbocycles. The molecular formula is C19H20N6O3S2. The van der Waals surface area contributed by atoms with E-state index in [1.54, 1.807) is 11.3 Å². The van der Waals surface area contributed by atoms with E-state index in [-0.39, 0.29) is 23.2 Å². The summed E-state index contributed by atoms with van der Waals surface area (Å²) in [6, 6.07) is -0.0519. The Morgan fingerprint density at radius 3 is 2.73 bits per heavy atom. The number of aryl methyl sites for hydroxylation is 2. The van der Waals surface area contributed by atoms with E-state index in [4.69, 9.17) is 11.5 Å². The second kappa shape index (κ2) is 7.24. The number of carbonyl (C=O) groups is 1. The van der Waals surface area contributed by atoms with Crippen LogP contribution in [0.5, 0.6) is 0 Å². The number of H-pyrrole nitrogens is 1. The first kappa shape index (κ1) is 19.3. The monoisotopic (exact) mass is 444 g/mol. The molecule has 0 amide bonds. The number of rotatable bonds is 5. The zero-order valence-electron chi connectivity index (χ0n) is 16.1. The molecule has 0 bridgehead atoms. The SMILES string of the molecule is Nc1nc(SCC(=O)c2c(N)n(C3CC3)c(=O)[nH]c2=O)nc2sc3c(c12)CCCC3. The van der Waals surface area contributed by atoms with Crippen LogP contribution >= 0.6 is 23.1 Å². The number of aromatic amines is 1. The van der Waals surface area contributed by atoms with Gasteiger partial charge in [-0.05, 0) is 44.1 Å². The van der Waals surface area contributed by atoms with Crippen molar-refractivity contribution < 1.29 is 4.79 Å². The van der Waals surface area contributed by atoms with E-state index >= 15 is 0 Å². The van der Waals surface area contributed by atoms with Gasteiger partial charge in [-0.25, -0.2) is 14.8 Å². The molecule has 3 heterocycles. The lowest BCUT2D eigenvalue weighted by atomic mass is 9.97. The maximum absolute atomic E-state index is 12.8. The molecule has 1 fully saturated rings. The fourth-order valence-corrected chi connectivity index (χ4v) is 6.01. The number of nitrogens with one attached hydrogen (secondary N) is 1. The minimum Gasteiger partial charge on any atom is -0.384 e. The molecule has 9 nitrogen and oxygen atoms in total. The van der Waals surface area contributed by atoms with Crippen molar-refractivity contribution in [3.8, 4) is 0 Å². The van der Waals surface area contributed by atoms with Gasteiger partial charge in [0.2, 0.25) is 0 Å². The lowest BCUT2D eigenvalue weighted by Crippen LogP contribution is -2.36. The smallest absolute Gasteiger partial charge is 0.330 e. The first-order valence-corrected chi connectivity index (χ1v) is 11.6. The topological polar surface area (TPSA) is 150 Å². The second-order valence-corrected chi connectivity index (χ2v) is 9.64. The molecule has 1 saturated carbocycles. The van der Waals surface area contributed by atoms with Crippen LogP contribution in [0.4, 0.5) is 11.6 Å². The standard InChI is InChI=1S/C19H20N6O3S2/c20-14-12-9-3-1-2-4-11(9)30-17(12)24-18(22-14)29-7-10(26)13-15(21)25(8-5-6-8)19(28)23-16(13)27/h8H,1-7,21H2,(H2,20,22,24)(H,23,27,28). The van der Waals surface area contributed by atoms with Gasteiger partial charge in [-0.15, -0.1) is 11.3 Å². The number of aromatic nitrogens is 4. The molecule has 0 aliphatic heterocycles. The number of nitrogens with zero attached hydrogens (tertiary/aromatic N) is 3. The number of ketones is 1. The van der Waals surface area contributed by atoms with Crippen LogP contribution in [0, 0.1) is 0 Å². The van der Waals surface area contributed by atoms with Crippen LogP contribution < -0.4 is 22.7 Å². The van der Waals surface area contributed by atoms with Crippen molar-refractivity contribution in [2.24, 2.45) is 0 Å². The highest BCUT2D eigenvalue weighted by molar-refractivity contribution is 7.99. The summed E-state index contributed by atoms with van der Waals surface area (Å²) >= 11 is 2.74. The van der Waals surface area contributed by atoms with E-state index in [1.807, 2.05) is 0 Å². The molecule has 3 aromatic heterocycles. The molecule has 30 heavy (non-hydrogen) atoms. The molecule has 11 heteroatoms. The maximum Gasteiger partial charge on any atom is 0.330 e. The first-order chi connectivity index (χ1) is 14.4. The summed E-state index contributed by atoms with van der Waals surface area (Å²) in [5, 5.41) is 1.32. The third-order valence-electron chi connectivity index (χ3n) is 5.53. The fourth-order valence-electron chi connectivity index (χ4n) is 3.96. The van der Waals surface area contributed by atoms with Crippen LogP contribution in [0.3, 0.4) is 0 Å². The summed E-state index contributed by atoms with van der Waals surface area (Å²) in [6.07, 6.45) is 5.94. The van der Waals surface area contributed by atoms with E-state index in [9.17, 15) is 14.4 Å². The molecule has 156 valence electrons. The summed E-state index contributed by atoms with van der Waals surface area (Å²) in [7, 11) is 0. The van der Waals surface area contributed by atoms with Crippen molar-refractivity contribution >= 4 is 50.7 Å².